The van der Waals surface area contributed by atoms with Crippen LogP contribution >= 0.6 is 0 Å². The van der Waals surface area contributed by atoms with Crippen LogP contribution in [0.2, 0.25) is 0 Å². The third kappa shape index (κ3) is 14.6. The number of fused-ring (bicyclic) bond motifs is 2. The summed E-state index contributed by atoms with van der Waals surface area (Å²) in [5.74, 6) is -2.89. The minimum atomic E-state index is -0.941. The van der Waals surface area contributed by atoms with Crippen molar-refractivity contribution in [2.45, 2.75) is 177 Å². The molecule has 6 heterocycles. The van der Waals surface area contributed by atoms with Crippen molar-refractivity contribution in [1.82, 2.24) is 71.7 Å². The molecule has 450 valence electrons. The Morgan fingerprint density at radius 3 is 1.29 bits per heavy atom. The number of aliphatic hydroxyl groups is 2. The number of rotatable bonds is 26. The van der Waals surface area contributed by atoms with Crippen molar-refractivity contribution in [2.24, 2.45) is 11.8 Å². The topological polar surface area (TPSA) is 283 Å². The van der Waals surface area contributed by atoms with Gasteiger partial charge in [0.1, 0.15) is 35.6 Å². The normalized spacial score (nSPS) is 23.8. The lowest BCUT2D eigenvalue weighted by Crippen LogP contribution is -2.58. The van der Waals surface area contributed by atoms with Crippen LogP contribution in [0.15, 0.2) is 97.3 Å². The largest absolute Gasteiger partial charge is 0.396 e. The minimum Gasteiger partial charge on any atom is -0.396 e. The Bertz CT molecular complexity index is 2800. The van der Waals surface area contributed by atoms with Gasteiger partial charge in [0.15, 0.2) is 0 Å². The van der Waals surface area contributed by atoms with Crippen LogP contribution in [-0.4, -0.2) is 161 Å². The maximum absolute atomic E-state index is 14.3. The second-order valence-electron chi connectivity index (χ2n) is 23.3. The first kappa shape index (κ1) is 61.2. The molecular weight excluding hydrogens is 1070 g/mol. The Hall–Kier alpha value is -7.40. The van der Waals surface area contributed by atoms with Crippen LogP contribution in [0.5, 0.6) is 0 Å². The number of carbonyl (C=O) groups is 6. The van der Waals surface area contributed by atoms with Crippen molar-refractivity contribution < 1.29 is 39.0 Å². The highest BCUT2D eigenvalue weighted by Gasteiger charge is 2.50. The molecule has 84 heavy (non-hydrogen) atoms. The van der Waals surface area contributed by atoms with Gasteiger partial charge in [-0.15, -0.1) is 10.2 Å². The van der Waals surface area contributed by atoms with Gasteiger partial charge in [0.05, 0.1) is 36.6 Å². The zero-order valence-corrected chi connectivity index (χ0v) is 48.8. The van der Waals surface area contributed by atoms with Gasteiger partial charge in [0.25, 0.3) is 0 Å². The summed E-state index contributed by atoms with van der Waals surface area (Å²) in [7, 11) is 3.33. The first-order chi connectivity index (χ1) is 40.8. The van der Waals surface area contributed by atoms with E-state index in [9.17, 15) is 39.0 Å². The van der Waals surface area contributed by atoms with Crippen molar-refractivity contribution in [3.63, 3.8) is 0 Å². The molecule has 3 aromatic carbocycles. The summed E-state index contributed by atoms with van der Waals surface area (Å²) in [5, 5.41) is 56.5. The molecule has 0 unspecified atom stereocenters. The van der Waals surface area contributed by atoms with Gasteiger partial charge in [-0.3, -0.25) is 38.1 Å². The summed E-state index contributed by atoms with van der Waals surface area (Å²) in [6.45, 7) is 4.19. The summed E-state index contributed by atoms with van der Waals surface area (Å²) in [4.78, 5) is 86.2. The number of carbonyl (C=O) groups excluding carboxylic acids is 6. The third-order valence-corrected chi connectivity index (χ3v) is 17.8. The van der Waals surface area contributed by atoms with Crippen molar-refractivity contribution in [2.75, 3.05) is 27.3 Å². The standard InChI is InChI=1S/C62H84N14O8/c1-39(63-3)57(79)67-55-45(37-77)25-27-47-29-31-51(75(47)61(55)83)59(81)65-53(43-17-7-5-8-18-43)49-35-73(71-69-49)33-13-11-15-41-21-23-42(24-22-41)16-12-14-34-74-36-50(70-72-74)54(44-19-9-6-10-20-44)66-60(82)52-32-30-48-28-26-46(38-78)56(62(84)76(48)52)68-58(80)40(2)64-4/h5-10,17-24,35-36,39-40,45-48,51-56,63-64,77-78H,11-16,25-34,37-38H2,1-4H3,(H,65,81)(H,66,82)(H,67,79)(H,68,80)/t39-,40-,45+,46+,47-,48-,51-,52-,53-,54-,55-,56-/m0/s1. The summed E-state index contributed by atoms with van der Waals surface area (Å²) < 4.78 is 3.62. The highest BCUT2D eigenvalue weighted by molar-refractivity contribution is 5.95. The van der Waals surface area contributed by atoms with Crippen molar-refractivity contribution in [1.29, 1.82) is 0 Å². The lowest BCUT2D eigenvalue weighted by atomic mass is 9.94. The van der Waals surface area contributed by atoms with Gasteiger partial charge in [-0.2, -0.15) is 0 Å². The Morgan fingerprint density at radius 1 is 0.536 bits per heavy atom. The van der Waals surface area contributed by atoms with Crippen molar-refractivity contribution in [3.8, 4) is 0 Å². The van der Waals surface area contributed by atoms with E-state index in [-0.39, 0.29) is 60.7 Å². The molecule has 12 atom stereocenters. The van der Waals surface area contributed by atoms with Gasteiger partial charge in [0, 0.05) is 50.2 Å². The van der Waals surface area contributed by atoms with E-state index in [2.05, 4.69) is 76.8 Å². The van der Waals surface area contributed by atoms with E-state index >= 15 is 0 Å². The fraction of sp³-hybridized carbons (Fsp3) is 0.548. The molecule has 22 heteroatoms. The molecule has 4 fully saturated rings. The van der Waals surface area contributed by atoms with Crippen molar-refractivity contribution >= 4 is 35.4 Å². The average molecular weight is 1150 g/mol. The molecule has 0 bridgehead atoms. The van der Waals surface area contributed by atoms with Crippen LogP contribution in [0, 0.1) is 11.8 Å². The molecule has 4 aliphatic heterocycles. The number of hydrogen-bond donors (Lipinski definition) is 8. The molecule has 22 nitrogen and oxygen atoms in total. The predicted molar refractivity (Wildman–Crippen MR) is 313 cm³/mol. The minimum absolute atomic E-state index is 0.171. The van der Waals surface area contributed by atoms with Gasteiger partial charge < -0.3 is 51.9 Å². The molecule has 9 rings (SSSR count). The molecule has 0 spiro atoms. The number of aryl methyl sites for hydroxylation is 4. The quantitative estimate of drug-likeness (QED) is 0.0370. The fourth-order valence-corrected chi connectivity index (χ4v) is 12.6. The predicted octanol–water partition coefficient (Wildman–Crippen LogP) is 3.04. The molecule has 0 saturated carbocycles. The van der Waals surface area contributed by atoms with Crippen LogP contribution in [0.4, 0.5) is 0 Å². The number of likely N-dealkylation sites (N-methyl/N-ethyl adjacent to an activating group) is 2. The lowest BCUT2D eigenvalue weighted by molar-refractivity contribution is -0.144. The molecule has 5 aromatic rings. The molecule has 4 aliphatic rings. The highest BCUT2D eigenvalue weighted by atomic mass is 16.3. The molecule has 0 aliphatic carbocycles. The number of hydrogen-bond acceptors (Lipinski definition) is 14. The second-order valence-corrected chi connectivity index (χ2v) is 23.3. The Kier molecular flexibility index (Phi) is 21.1. The smallest absolute Gasteiger partial charge is 0.246 e. The molecule has 0 radical (unpaired) electrons. The first-order valence-electron chi connectivity index (χ1n) is 30.2. The molecule has 4 saturated heterocycles. The Balaban J connectivity index is 0.739. The maximum Gasteiger partial charge on any atom is 0.246 e. The zero-order valence-electron chi connectivity index (χ0n) is 48.8. The molecular formula is C62H84N14O8. The van der Waals surface area contributed by atoms with Crippen LogP contribution in [0.25, 0.3) is 0 Å². The number of benzene rings is 3. The molecule has 8 N–H and O–H groups in total. The van der Waals surface area contributed by atoms with Crippen LogP contribution in [0.1, 0.15) is 137 Å². The van der Waals surface area contributed by atoms with Crippen LogP contribution < -0.4 is 31.9 Å². The van der Waals surface area contributed by atoms with E-state index in [1.165, 1.54) is 11.1 Å². The third-order valence-electron chi connectivity index (χ3n) is 17.8. The van der Waals surface area contributed by atoms with Gasteiger partial charge in [-0.25, -0.2) is 0 Å². The van der Waals surface area contributed by atoms with Crippen LogP contribution in [-0.2, 0) is 54.7 Å². The maximum atomic E-state index is 14.3. The number of aliphatic hydroxyl groups excluding tert-OH is 2. The lowest BCUT2D eigenvalue weighted by Gasteiger charge is -2.33. The van der Waals surface area contributed by atoms with E-state index in [4.69, 9.17) is 0 Å². The van der Waals surface area contributed by atoms with E-state index in [1.54, 1.807) is 37.7 Å². The average Bonchev–Trinajstić information content (AvgIpc) is 3.40. The Labute approximate surface area is 491 Å². The summed E-state index contributed by atoms with van der Waals surface area (Å²) >= 11 is 0. The fourth-order valence-electron chi connectivity index (χ4n) is 12.6. The van der Waals surface area contributed by atoms with E-state index in [1.807, 2.05) is 82.4 Å². The monoisotopic (exact) mass is 1150 g/mol. The summed E-state index contributed by atoms with van der Waals surface area (Å²) in [6.07, 6.45) is 13.8. The highest BCUT2D eigenvalue weighted by Crippen LogP contribution is 2.37. The molecule has 2 aromatic heterocycles. The molecule has 6 amide bonds. The second kappa shape index (κ2) is 28.9. The van der Waals surface area contributed by atoms with E-state index in [0.29, 0.717) is 75.8 Å². The number of aromatic nitrogens is 6. The number of unbranched alkanes of at least 4 members (excludes halogenated alkanes) is 2. The van der Waals surface area contributed by atoms with E-state index in [0.717, 1.165) is 49.7 Å². The van der Waals surface area contributed by atoms with Gasteiger partial charge in [0.2, 0.25) is 35.4 Å². The number of amides is 6. The Morgan fingerprint density at radius 2 is 0.917 bits per heavy atom. The van der Waals surface area contributed by atoms with Crippen molar-refractivity contribution in [3.05, 3.63) is 131 Å². The SMILES string of the molecule is CN[C@@H](C)C(=O)N[C@@H]1C(=O)N2[C@@H](CC[C@@H]1CO)CC[C@H]2C(=O)N[C@@H](c1ccccc1)c1cn(CCCCc2ccc(CCCCn3cc([C@@H](NC(=O)[C@@H]4CC[C@@H]5CC[C@H](CO)[C@H](NC(=O)[C@H](C)NC)C(=O)N54)c4ccccc4)nn3)cc2)nn1. The van der Waals surface area contributed by atoms with Gasteiger partial charge >= 0.3 is 0 Å². The summed E-state index contributed by atoms with van der Waals surface area (Å²) in [5.41, 5.74) is 5.33. The van der Waals surface area contributed by atoms with E-state index < -0.39 is 60.2 Å². The zero-order chi connectivity index (χ0) is 59.3. The van der Waals surface area contributed by atoms with Gasteiger partial charge in [-0.05, 0) is 140 Å². The summed E-state index contributed by atoms with van der Waals surface area (Å²) in [6, 6.07) is 21.9. The first-order valence-corrected chi connectivity index (χ1v) is 30.2. The van der Waals surface area contributed by atoms with Crippen LogP contribution in [0.3, 0.4) is 0 Å². The number of nitrogens with zero attached hydrogens (tertiary/aromatic N) is 8. The van der Waals surface area contributed by atoms with Gasteiger partial charge in [-0.1, -0.05) is 95.4 Å². The number of nitrogens with one attached hydrogen (secondary N) is 6.